The second kappa shape index (κ2) is 82.0. The molecule has 0 aliphatic rings. The van der Waals surface area contributed by atoms with Gasteiger partial charge < -0.3 is 29.8 Å². The molecule has 0 atom stereocenters. The summed E-state index contributed by atoms with van der Waals surface area (Å²) in [7, 11) is -2.17. The Bertz CT molecular complexity index is 746. The molecule has 0 amide bonds. The van der Waals surface area contributed by atoms with Crippen molar-refractivity contribution < 1.29 is 15.1 Å². The van der Waals surface area contributed by atoms with Gasteiger partial charge in [0.15, 0.2) is 0 Å². The predicted octanol–water partition coefficient (Wildman–Crippen LogP) is 23.1. The van der Waals surface area contributed by atoms with Crippen molar-refractivity contribution in [3.8, 4) is 0 Å². The summed E-state index contributed by atoms with van der Waals surface area (Å²) in [5, 5.41) is 21.5. The normalized spacial score (nSPS) is 11.3. The largest absolute Gasteiger partial charge is 0.631 e. The van der Waals surface area contributed by atoms with Crippen LogP contribution in [-0.4, -0.2) is 96.0 Å². The van der Waals surface area contributed by atoms with Crippen molar-refractivity contribution in [3.05, 3.63) is 0 Å². The van der Waals surface area contributed by atoms with Crippen molar-refractivity contribution in [1.82, 2.24) is 14.7 Å². The van der Waals surface area contributed by atoms with Gasteiger partial charge in [-0.1, -0.05) is 351 Å². The van der Waals surface area contributed by atoms with Crippen LogP contribution in [0.4, 0.5) is 0 Å². The van der Waals surface area contributed by atoms with Crippen molar-refractivity contribution >= 4 is 7.32 Å². The molecule has 0 saturated heterocycles. The molecular formula is C72H156BN3O3. The smallest absolute Gasteiger partial charge is 0.402 e. The van der Waals surface area contributed by atoms with E-state index >= 15 is 0 Å². The molecule has 0 aromatic rings. The summed E-state index contributed by atoms with van der Waals surface area (Å²) in [6, 6.07) is 0. The van der Waals surface area contributed by atoms with E-state index in [0.717, 1.165) is 0 Å². The van der Waals surface area contributed by atoms with Gasteiger partial charge in [0.2, 0.25) is 0 Å². The zero-order valence-corrected chi connectivity index (χ0v) is 56.8. The first-order valence-corrected chi connectivity index (χ1v) is 37.0. The standard InChI is InChI=1S/3C24H51N.BH3O3/c3*1-4-7-10-13-16-19-22-25(23-20-17-14-11-8-5-2)24-21-18-15-12-9-6-3;2-1(3)4/h3*4-24H2,1-3H3;2-4H. The van der Waals surface area contributed by atoms with Gasteiger partial charge in [-0.25, -0.2) is 0 Å². The highest BCUT2D eigenvalue weighted by molar-refractivity contribution is 6.30. The minimum atomic E-state index is -2.17. The highest BCUT2D eigenvalue weighted by atomic mass is 16.5. The summed E-state index contributed by atoms with van der Waals surface area (Å²) in [6.45, 7) is 33.0. The maximum Gasteiger partial charge on any atom is 0.631 e. The summed E-state index contributed by atoms with van der Waals surface area (Å²) >= 11 is 0. The Kier molecular flexibility index (Phi) is 88.6. The molecular weight excluding hydrogens is 966 g/mol. The third-order valence-corrected chi connectivity index (χ3v) is 16.5. The minimum Gasteiger partial charge on any atom is -0.402 e. The molecule has 0 aromatic carbocycles. The second-order valence-electron chi connectivity index (χ2n) is 24.8. The SMILES string of the molecule is CCCCCCCCN(CCCCCCCC)CCCCCCCC.CCCCCCCCN(CCCCCCCC)CCCCCCCC.CCCCCCCCN(CCCCCCCC)CCCCCCCC.OB(O)O. The van der Waals surface area contributed by atoms with Crippen LogP contribution in [0.15, 0.2) is 0 Å². The molecule has 0 aliphatic heterocycles. The lowest BCUT2D eigenvalue weighted by Gasteiger charge is -2.22. The van der Waals surface area contributed by atoms with Crippen molar-refractivity contribution in [2.45, 2.75) is 409 Å². The lowest BCUT2D eigenvalue weighted by Crippen LogP contribution is -2.27. The predicted molar refractivity (Wildman–Crippen MR) is 362 cm³/mol. The van der Waals surface area contributed by atoms with Crippen molar-refractivity contribution in [1.29, 1.82) is 0 Å². The number of hydrogen-bond donors (Lipinski definition) is 3. The quantitative estimate of drug-likeness (QED) is 0.0416. The average molecular weight is 1120 g/mol. The molecule has 0 aromatic heterocycles. The molecule has 0 fully saturated rings. The zero-order chi connectivity index (χ0) is 58.9. The molecule has 79 heavy (non-hydrogen) atoms. The number of hydrogen-bond acceptors (Lipinski definition) is 6. The van der Waals surface area contributed by atoms with Crippen molar-refractivity contribution in [2.24, 2.45) is 0 Å². The van der Waals surface area contributed by atoms with E-state index in [1.54, 1.807) is 0 Å². The first kappa shape index (κ1) is 85.3. The third-order valence-electron chi connectivity index (χ3n) is 16.5. The molecule has 480 valence electrons. The van der Waals surface area contributed by atoms with Gasteiger partial charge in [-0.2, -0.15) is 0 Å². The molecule has 0 bridgehead atoms. The van der Waals surface area contributed by atoms with E-state index in [4.69, 9.17) is 15.1 Å². The highest BCUT2D eigenvalue weighted by Gasteiger charge is 2.08. The molecule has 0 spiro atoms. The highest BCUT2D eigenvalue weighted by Crippen LogP contribution is 2.15. The van der Waals surface area contributed by atoms with Gasteiger partial charge in [0.1, 0.15) is 0 Å². The second-order valence-corrected chi connectivity index (χ2v) is 24.8. The van der Waals surface area contributed by atoms with Gasteiger partial charge >= 0.3 is 7.32 Å². The van der Waals surface area contributed by atoms with Crippen LogP contribution in [0.25, 0.3) is 0 Å². The average Bonchev–Trinajstić information content (AvgIpc) is 3.44. The minimum absolute atomic E-state index is 1.36. The topological polar surface area (TPSA) is 70.4 Å². The Morgan fingerprint density at radius 2 is 0.228 bits per heavy atom. The Hall–Kier alpha value is -0.175. The van der Waals surface area contributed by atoms with Gasteiger partial charge in [-0.3, -0.25) is 0 Å². The van der Waals surface area contributed by atoms with Crippen LogP contribution in [0, 0.1) is 0 Å². The fourth-order valence-corrected chi connectivity index (χ4v) is 11.0. The van der Waals surface area contributed by atoms with Crippen LogP contribution < -0.4 is 0 Å². The number of rotatable bonds is 63. The third kappa shape index (κ3) is 86.7. The van der Waals surface area contributed by atoms with Crippen LogP contribution in [0.5, 0.6) is 0 Å². The molecule has 3 N–H and O–H groups in total. The molecule has 0 unspecified atom stereocenters. The molecule has 6 nitrogen and oxygen atoms in total. The van der Waals surface area contributed by atoms with Gasteiger partial charge in [0.05, 0.1) is 0 Å². The van der Waals surface area contributed by atoms with Crippen molar-refractivity contribution in [2.75, 3.05) is 58.9 Å². The first-order chi connectivity index (χ1) is 38.8. The van der Waals surface area contributed by atoms with E-state index < -0.39 is 7.32 Å². The van der Waals surface area contributed by atoms with Crippen LogP contribution in [-0.2, 0) is 0 Å². The Morgan fingerprint density at radius 1 is 0.152 bits per heavy atom. The molecule has 0 rings (SSSR count). The van der Waals surface area contributed by atoms with Crippen LogP contribution in [0.2, 0.25) is 0 Å². The molecule has 0 saturated carbocycles. The van der Waals surface area contributed by atoms with Gasteiger partial charge in [0.25, 0.3) is 0 Å². The Balaban J connectivity index is -0.000000515. The Labute approximate surface area is 502 Å². The zero-order valence-electron chi connectivity index (χ0n) is 56.8. The maximum atomic E-state index is 7.17. The number of unbranched alkanes of at least 4 members (excludes halogenated alkanes) is 45. The van der Waals surface area contributed by atoms with Crippen LogP contribution >= 0.6 is 0 Å². The summed E-state index contributed by atoms with van der Waals surface area (Å²) in [4.78, 5) is 8.37. The van der Waals surface area contributed by atoms with Crippen LogP contribution in [0.3, 0.4) is 0 Å². The molecule has 0 aliphatic carbocycles. The van der Waals surface area contributed by atoms with E-state index in [-0.39, 0.29) is 0 Å². The summed E-state index contributed by atoms with van der Waals surface area (Å²) in [6.07, 6.45) is 77.1. The lowest BCUT2D eigenvalue weighted by molar-refractivity contribution is 0.254. The maximum absolute atomic E-state index is 7.17. The Morgan fingerprint density at radius 3 is 0.316 bits per heavy atom. The van der Waals surface area contributed by atoms with E-state index in [9.17, 15) is 0 Å². The lowest BCUT2D eigenvalue weighted by atomic mass is 10.1. The summed E-state index contributed by atoms with van der Waals surface area (Å²) < 4.78 is 0. The van der Waals surface area contributed by atoms with Crippen LogP contribution in [0.1, 0.15) is 409 Å². The van der Waals surface area contributed by atoms with Gasteiger partial charge in [-0.05, 0) is 117 Å². The molecule has 7 heteroatoms. The monoisotopic (exact) mass is 1120 g/mol. The number of nitrogens with zero attached hydrogens (tertiary/aromatic N) is 3. The fraction of sp³-hybridized carbons (Fsp3) is 1.00. The van der Waals surface area contributed by atoms with Crippen molar-refractivity contribution in [3.63, 3.8) is 0 Å². The first-order valence-electron chi connectivity index (χ1n) is 37.0. The molecule has 0 radical (unpaired) electrons. The van der Waals surface area contributed by atoms with E-state index in [0.29, 0.717) is 0 Å². The summed E-state index contributed by atoms with van der Waals surface area (Å²) in [5.41, 5.74) is 0. The van der Waals surface area contributed by atoms with E-state index in [1.807, 2.05) is 0 Å². The molecule has 0 heterocycles. The van der Waals surface area contributed by atoms with E-state index in [2.05, 4.69) is 77.0 Å². The van der Waals surface area contributed by atoms with E-state index in [1.165, 1.54) is 406 Å². The fourth-order valence-electron chi connectivity index (χ4n) is 11.0. The summed E-state index contributed by atoms with van der Waals surface area (Å²) in [5.74, 6) is 0. The van der Waals surface area contributed by atoms with Gasteiger partial charge in [0, 0.05) is 0 Å². The van der Waals surface area contributed by atoms with Gasteiger partial charge in [-0.15, -0.1) is 0 Å².